The molecule has 0 radical (unpaired) electrons. The van der Waals surface area contributed by atoms with E-state index in [2.05, 4.69) is 82.3 Å². The fourth-order valence-electron chi connectivity index (χ4n) is 5.97. The van der Waals surface area contributed by atoms with Crippen LogP contribution in [-0.2, 0) is 4.79 Å². The average Bonchev–Trinajstić information content (AvgIpc) is 3.41. The van der Waals surface area contributed by atoms with Crippen LogP contribution in [0.25, 0.3) is 0 Å². The lowest BCUT2D eigenvalue weighted by Crippen LogP contribution is -2.56. The van der Waals surface area contributed by atoms with Gasteiger partial charge in [0.2, 0.25) is 5.91 Å². The number of carbonyl (C=O) groups excluding carboxylic acids is 1. The van der Waals surface area contributed by atoms with Crippen LogP contribution in [0.15, 0.2) is 60.7 Å². The molecule has 0 saturated carbocycles. The molecule has 2 aromatic rings. The third kappa shape index (κ3) is 3.57. The molecule has 3 fully saturated rings. The van der Waals surface area contributed by atoms with Crippen molar-refractivity contribution in [3.8, 4) is 0 Å². The summed E-state index contributed by atoms with van der Waals surface area (Å²) in [6.07, 6.45) is 4.56. The third-order valence-corrected chi connectivity index (χ3v) is 7.43. The molecule has 158 valence electrons. The van der Waals surface area contributed by atoms with Gasteiger partial charge in [-0.25, -0.2) is 0 Å². The minimum atomic E-state index is 0.107. The lowest BCUT2D eigenvalue weighted by Gasteiger charge is -2.42. The summed E-state index contributed by atoms with van der Waals surface area (Å²) in [5, 5.41) is 0. The Balaban J connectivity index is 1.36. The van der Waals surface area contributed by atoms with Crippen LogP contribution in [0.3, 0.4) is 0 Å². The van der Waals surface area contributed by atoms with E-state index in [0.717, 1.165) is 39.0 Å². The number of piperidine rings is 1. The van der Waals surface area contributed by atoms with Gasteiger partial charge in [-0.3, -0.25) is 14.6 Å². The highest BCUT2D eigenvalue weighted by Crippen LogP contribution is 2.40. The van der Waals surface area contributed by atoms with Gasteiger partial charge in [0.25, 0.3) is 0 Å². The Morgan fingerprint density at radius 2 is 1.60 bits per heavy atom. The van der Waals surface area contributed by atoms with Crippen LogP contribution in [0, 0.1) is 0 Å². The number of hydrogen-bond donors (Lipinski definition) is 0. The van der Waals surface area contributed by atoms with Gasteiger partial charge in [0.15, 0.2) is 0 Å². The molecule has 4 nitrogen and oxygen atoms in total. The molecular weight excluding hydrogens is 370 g/mol. The van der Waals surface area contributed by atoms with E-state index in [4.69, 9.17) is 0 Å². The van der Waals surface area contributed by atoms with Crippen LogP contribution >= 0.6 is 0 Å². The van der Waals surface area contributed by atoms with E-state index in [-0.39, 0.29) is 12.1 Å². The van der Waals surface area contributed by atoms with Crippen LogP contribution in [0.5, 0.6) is 0 Å². The van der Waals surface area contributed by atoms with Crippen LogP contribution < -0.4 is 0 Å². The third-order valence-electron chi connectivity index (χ3n) is 7.43. The normalized spacial score (nSPS) is 27.1. The van der Waals surface area contributed by atoms with Gasteiger partial charge in [0.1, 0.15) is 0 Å². The smallest absolute Gasteiger partial charge is 0.240 e. The van der Waals surface area contributed by atoms with E-state index >= 15 is 0 Å². The van der Waals surface area contributed by atoms with Gasteiger partial charge in [-0.2, -0.15) is 0 Å². The quantitative estimate of drug-likeness (QED) is 0.757. The Morgan fingerprint density at radius 3 is 2.17 bits per heavy atom. The van der Waals surface area contributed by atoms with Crippen LogP contribution in [0.2, 0.25) is 0 Å². The number of likely N-dealkylation sites (N-methyl/N-ethyl adjacent to an activating group) is 1. The number of carbonyl (C=O) groups is 1. The van der Waals surface area contributed by atoms with Crippen molar-refractivity contribution in [2.24, 2.45) is 0 Å². The van der Waals surface area contributed by atoms with Gasteiger partial charge in [-0.05, 0) is 43.5 Å². The Hall–Kier alpha value is -2.17. The monoisotopic (exact) mass is 403 g/mol. The van der Waals surface area contributed by atoms with E-state index < -0.39 is 0 Å². The summed E-state index contributed by atoms with van der Waals surface area (Å²) >= 11 is 0. The largest absolute Gasteiger partial charge is 0.335 e. The first-order valence-corrected chi connectivity index (χ1v) is 11.7. The van der Waals surface area contributed by atoms with Crippen LogP contribution in [0.4, 0.5) is 0 Å². The van der Waals surface area contributed by atoms with E-state index in [9.17, 15) is 4.79 Å². The second-order valence-electron chi connectivity index (χ2n) is 9.09. The van der Waals surface area contributed by atoms with Gasteiger partial charge in [0, 0.05) is 25.2 Å². The van der Waals surface area contributed by atoms with Crippen molar-refractivity contribution in [2.45, 2.75) is 56.8 Å². The Labute approximate surface area is 180 Å². The summed E-state index contributed by atoms with van der Waals surface area (Å²) in [7, 11) is 0. The summed E-state index contributed by atoms with van der Waals surface area (Å²) < 4.78 is 0. The number of fused-ring (bicyclic) bond motifs is 2. The molecule has 0 N–H and O–H groups in total. The SMILES string of the molecule is CCN1CCCC[C@H]1C(=O)N1C[C@@H]2C[C@H]1CN2C(c1ccccc1)c1ccccc1. The van der Waals surface area contributed by atoms with E-state index in [1.807, 2.05) is 0 Å². The number of amides is 1. The maximum atomic E-state index is 13.4. The van der Waals surface area contributed by atoms with Gasteiger partial charge in [-0.15, -0.1) is 0 Å². The molecule has 2 aromatic carbocycles. The number of piperazine rings is 1. The fourth-order valence-corrected chi connectivity index (χ4v) is 5.97. The molecule has 3 aliphatic heterocycles. The van der Waals surface area contributed by atoms with E-state index in [0.29, 0.717) is 18.0 Å². The molecule has 1 amide bonds. The molecule has 5 rings (SSSR count). The first kappa shape index (κ1) is 19.8. The number of benzene rings is 2. The molecule has 2 bridgehead atoms. The molecule has 3 heterocycles. The maximum Gasteiger partial charge on any atom is 0.240 e. The van der Waals surface area contributed by atoms with Crippen molar-refractivity contribution < 1.29 is 4.79 Å². The lowest BCUT2D eigenvalue weighted by molar-refractivity contribution is -0.140. The molecule has 3 aliphatic rings. The summed E-state index contributed by atoms with van der Waals surface area (Å²) in [6.45, 7) is 6.10. The van der Waals surface area contributed by atoms with Crippen LogP contribution in [0.1, 0.15) is 49.8 Å². The van der Waals surface area contributed by atoms with Crippen molar-refractivity contribution in [3.05, 3.63) is 71.8 Å². The zero-order chi connectivity index (χ0) is 20.5. The van der Waals surface area contributed by atoms with Gasteiger partial charge in [-0.1, -0.05) is 74.0 Å². The second kappa shape index (κ2) is 8.52. The maximum absolute atomic E-state index is 13.4. The zero-order valence-electron chi connectivity index (χ0n) is 18.0. The molecule has 30 heavy (non-hydrogen) atoms. The van der Waals surface area contributed by atoms with Crippen molar-refractivity contribution >= 4 is 5.91 Å². The second-order valence-corrected chi connectivity index (χ2v) is 9.09. The van der Waals surface area contributed by atoms with Gasteiger partial charge >= 0.3 is 0 Å². The summed E-state index contributed by atoms with van der Waals surface area (Å²) in [4.78, 5) is 20.7. The summed E-state index contributed by atoms with van der Waals surface area (Å²) in [6, 6.07) is 22.9. The van der Waals surface area contributed by atoms with Gasteiger partial charge < -0.3 is 4.90 Å². The molecule has 3 saturated heterocycles. The fraction of sp³-hybridized carbons (Fsp3) is 0.500. The molecular formula is C26H33N3O. The first-order chi connectivity index (χ1) is 14.8. The highest BCUT2D eigenvalue weighted by molar-refractivity contribution is 5.83. The summed E-state index contributed by atoms with van der Waals surface area (Å²) in [5.41, 5.74) is 2.69. The lowest BCUT2D eigenvalue weighted by atomic mass is 9.96. The molecule has 0 aromatic heterocycles. The number of nitrogens with zero attached hydrogens (tertiary/aromatic N) is 3. The number of rotatable bonds is 5. The van der Waals surface area contributed by atoms with Gasteiger partial charge in [0.05, 0.1) is 12.1 Å². The number of likely N-dealkylation sites (tertiary alicyclic amines) is 3. The molecule has 4 heteroatoms. The van der Waals surface area contributed by atoms with E-state index in [1.54, 1.807) is 0 Å². The minimum Gasteiger partial charge on any atom is -0.335 e. The average molecular weight is 404 g/mol. The van der Waals surface area contributed by atoms with Crippen molar-refractivity contribution in [2.75, 3.05) is 26.2 Å². The topological polar surface area (TPSA) is 26.8 Å². The Morgan fingerprint density at radius 1 is 0.933 bits per heavy atom. The standard InChI is InChI=1S/C26H33N3O/c1-2-27-16-10-9-15-24(27)26(30)29-19-22-17-23(29)18-28(22)25(20-11-5-3-6-12-20)21-13-7-4-8-14-21/h3-8,11-14,22-25H,2,9-10,15-19H2,1H3/t22-,23-,24-/m0/s1. The Kier molecular flexibility index (Phi) is 5.62. The minimum absolute atomic E-state index is 0.107. The predicted molar refractivity (Wildman–Crippen MR) is 120 cm³/mol. The summed E-state index contributed by atoms with van der Waals surface area (Å²) in [5.74, 6) is 0.389. The Bertz CT molecular complexity index is 816. The first-order valence-electron chi connectivity index (χ1n) is 11.7. The van der Waals surface area contributed by atoms with E-state index in [1.165, 1.54) is 24.0 Å². The molecule has 3 atom stereocenters. The highest BCUT2D eigenvalue weighted by Gasteiger charge is 2.49. The van der Waals surface area contributed by atoms with Crippen LogP contribution in [-0.4, -0.2) is 64.9 Å². The number of hydrogen-bond acceptors (Lipinski definition) is 3. The van der Waals surface area contributed by atoms with Crippen molar-refractivity contribution in [1.82, 2.24) is 14.7 Å². The predicted octanol–water partition coefficient (Wildman–Crippen LogP) is 3.94. The van der Waals surface area contributed by atoms with Crippen molar-refractivity contribution in [1.29, 1.82) is 0 Å². The molecule has 0 aliphatic carbocycles. The molecule has 0 unspecified atom stereocenters. The highest BCUT2D eigenvalue weighted by atomic mass is 16.2. The zero-order valence-corrected chi connectivity index (χ0v) is 18.0. The van der Waals surface area contributed by atoms with Crippen molar-refractivity contribution in [3.63, 3.8) is 0 Å². The molecule has 0 spiro atoms.